The minimum Gasteiger partial charge on any atom is -0.496 e. The number of methoxy groups -OCH3 is 2. The van der Waals surface area contributed by atoms with Crippen LogP contribution in [0.15, 0.2) is 104 Å². The van der Waals surface area contributed by atoms with Crippen molar-refractivity contribution in [3.63, 3.8) is 0 Å². The molecule has 2 bridgehead atoms. The predicted molar refractivity (Wildman–Crippen MR) is 561 cm³/mol. The van der Waals surface area contributed by atoms with Crippen molar-refractivity contribution in [2.24, 2.45) is 28.9 Å². The van der Waals surface area contributed by atoms with Crippen molar-refractivity contribution in [1.82, 2.24) is 116 Å². The second kappa shape index (κ2) is 46.1. The summed E-state index contributed by atoms with van der Waals surface area (Å²) in [6.45, 7) is 18.7. The predicted octanol–water partition coefficient (Wildman–Crippen LogP) is 12.1. The molecule has 148 heavy (non-hydrogen) atoms. The van der Waals surface area contributed by atoms with Gasteiger partial charge in [-0.15, -0.1) is 6.42 Å². The zero-order chi connectivity index (χ0) is 102. The van der Waals surface area contributed by atoms with Crippen LogP contribution in [-0.2, 0) is 15.9 Å². The molecule has 12 fully saturated rings. The number of carbonyl (C=O) groups is 4. The van der Waals surface area contributed by atoms with Crippen LogP contribution in [0.1, 0.15) is 250 Å². The SMILES string of the molecule is C#CC1(COc2nc(C(=O)N[C@H](C)CN(C)C)cc(N3CCC(c4c[nH]c5ncccc45)CC3)n2)CC1.COC[C@@H](C)Oc1nc(C(=O)NC23CC(C2)C3)nc(N2CCC(C3=CCc4ncccc43)CC2)n1.COc1ccnc2n[nH]c(C3CCN(c4cc(C(=O)N[C@H](C)CN5CCCC5)nc(OCC5CC5)n4)CC3)c12.N[C@@H]1CCC[C@@H]1NC(=O)c1cc(N2CCC(c3c[nH]c4ncccc34)CC2)nc(OC[C@H]2CCCO2)n1. The molecule has 11 aromatic heterocycles. The van der Waals surface area contributed by atoms with Crippen LogP contribution in [0.3, 0.4) is 0 Å². The summed E-state index contributed by atoms with van der Waals surface area (Å²) in [6.07, 6.45) is 42.6. The number of fused-ring (bicyclic) bond motifs is 4. The number of H-pyrrole nitrogens is 3. The van der Waals surface area contributed by atoms with Crippen LogP contribution in [0, 0.1) is 35.5 Å². The molecular weight excluding hydrogens is 1880 g/mol. The molecule has 39 heteroatoms. The van der Waals surface area contributed by atoms with Gasteiger partial charge in [-0.2, -0.15) is 50.0 Å². The Morgan fingerprint density at radius 1 is 0.588 bits per heavy atom. The molecule has 9 N–H and O–H groups in total. The highest BCUT2D eigenvalue weighted by Crippen LogP contribution is 2.57. The Morgan fingerprint density at radius 2 is 1.17 bits per heavy atom. The van der Waals surface area contributed by atoms with E-state index in [4.69, 9.17) is 55.3 Å². The van der Waals surface area contributed by atoms with Crippen LogP contribution in [-0.4, -0.2) is 300 Å². The molecule has 17 heterocycles. The zero-order valence-electron chi connectivity index (χ0n) is 86.1. The first kappa shape index (κ1) is 102. The van der Waals surface area contributed by atoms with Gasteiger partial charge >= 0.3 is 24.0 Å². The third-order valence-electron chi connectivity index (χ3n) is 31.2. The molecule has 11 aromatic rings. The number of terminal acetylenes is 1. The Labute approximate surface area is 863 Å². The summed E-state index contributed by atoms with van der Waals surface area (Å²) < 4.78 is 40.2. The van der Waals surface area contributed by atoms with Crippen LogP contribution in [0.25, 0.3) is 38.7 Å². The number of amides is 4. The molecule has 39 nitrogen and oxygen atoms in total. The Kier molecular flexibility index (Phi) is 31.7. The number of hydrogen-bond acceptors (Lipinski definition) is 32. The van der Waals surface area contributed by atoms with Crippen molar-refractivity contribution < 1.29 is 52.3 Å². The Balaban J connectivity index is 0.000000120. The highest BCUT2D eigenvalue weighted by molar-refractivity contribution is 5.95. The quantitative estimate of drug-likeness (QED) is 0.0174. The number of aromatic nitrogens is 17. The molecule has 782 valence electrons. The summed E-state index contributed by atoms with van der Waals surface area (Å²) in [4.78, 5) is 131. The lowest BCUT2D eigenvalue weighted by molar-refractivity contribution is -0.0441. The number of piperidine rings is 4. The third kappa shape index (κ3) is 24.6. The van der Waals surface area contributed by atoms with E-state index in [0.29, 0.717) is 90.5 Å². The minimum atomic E-state index is -0.244. The van der Waals surface area contributed by atoms with E-state index in [1.54, 1.807) is 38.6 Å². The fraction of sp³-hybridized carbons (Fsp3) is 0.560. The van der Waals surface area contributed by atoms with Gasteiger partial charge in [-0.25, -0.2) is 15.0 Å². The molecule has 0 aromatic carbocycles. The first-order valence-electron chi connectivity index (χ1n) is 53.4. The molecule has 6 saturated carbocycles. The van der Waals surface area contributed by atoms with Gasteiger partial charge in [0, 0.05) is 187 Å². The van der Waals surface area contributed by atoms with Crippen molar-refractivity contribution in [3.05, 3.63) is 155 Å². The van der Waals surface area contributed by atoms with E-state index in [9.17, 15) is 19.2 Å². The average molecular weight is 2020 g/mol. The number of ether oxygens (including phenoxy) is 7. The van der Waals surface area contributed by atoms with Gasteiger partial charge < -0.3 is 99.5 Å². The van der Waals surface area contributed by atoms with E-state index in [-0.39, 0.29) is 101 Å². The number of carbonyl (C=O) groups excluding carboxylic acids is 4. The molecule has 6 saturated heterocycles. The maximum absolute atomic E-state index is 13.2. The number of aromatic amines is 3. The third-order valence-corrected chi connectivity index (χ3v) is 31.2. The van der Waals surface area contributed by atoms with Crippen LogP contribution in [0.2, 0.25) is 0 Å². The molecule has 7 aliphatic carbocycles. The number of allylic oxidation sites excluding steroid dienone is 2. The lowest BCUT2D eigenvalue weighted by Gasteiger charge is -2.61. The topological polar surface area (TPSA) is 454 Å². The normalized spacial score (nSPS) is 21.8. The number of anilines is 4. The average Bonchev–Trinajstić information content (AvgIpc) is 0.757. The van der Waals surface area contributed by atoms with Gasteiger partial charge in [0.15, 0.2) is 5.65 Å². The van der Waals surface area contributed by atoms with Gasteiger partial charge in [0.2, 0.25) is 11.8 Å². The molecule has 4 amide bonds. The summed E-state index contributed by atoms with van der Waals surface area (Å²) >= 11 is 0. The Hall–Kier alpha value is -13.4. The second-order valence-electron chi connectivity index (χ2n) is 42.7. The molecule has 6 atom stereocenters. The van der Waals surface area contributed by atoms with Crippen molar-refractivity contribution in [2.75, 3.05) is 159 Å². The van der Waals surface area contributed by atoms with Crippen molar-refractivity contribution >= 4 is 85.7 Å². The molecular formula is C109H140N28O11. The molecule has 0 spiro atoms. The molecule has 6 aliphatic heterocycles. The van der Waals surface area contributed by atoms with Crippen LogP contribution >= 0.6 is 0 Å². The second-order valence-corrected chi connectivity index (χ2v) is 42.7. The fourth-order valence-corrected chi connectivity index (χ4v) is 22.6. The number of likely N-dealkylation sites (N-methyl/N-ethyl adjacent to an activating group) is 1. The minimum absolute atomic E-state index is 0.0146. The summed E-state index contributed by atoms with van der Waals surface area (Å²) in [7, 11) is 7.26. The van der Waals surface area contributed by atoms with Gasteiger partial charge in [-0.1, -0.05) is 18.1 Å². The number of rotatable bonds is 34. The van der Waals surface area contributed by atoms with Gasteiger partial charge in [-0.3, -0.25) is 29.3 Å². The van der Waals surface area contributed by atoms with Crippen LogP contribution < -0.4 is 70.3 Å². The van der Waals surface area contributed by atoms with Crippen molar-refractivity contribution in [3.8, 4) is 42.1 Å². The first-order chi connectivity index (χ1) is 72.1. The number of nitrogens with zero attached hydrogens (tertiary/aromatic N) is 20. The Bertz CT molecular complexity index is 6520. The van der Waals surface area contributed by atoms with E-state index in [1.165, 1.54) is 64.4 Å². The standard InChI is InChI=1S/C28H38N8O3.C28H35N7O2.C27H35N7O3.C26H32N6O3/c1-18(16-35-11-3-4-12-35)30-27(37)21-15-23(32-28(31-21)39-17-19-5-6-19)36-13-8-20(9-14-36)25-24-22(38-2)7-10-29-26(24)34-33-25;1-5-28(10-11-28)18-37-27-32-23(26(36)31-19(2)17-34(3)4)15-24(33-27)35-13-8-20(9-14-35)22-16-30-25-21(22)7-6-12-29-25;28-21-6-1-7-22(21)31-26(35)23-14-24(33-27(32-23)37-16-18-4-3-13-36-18)34-11-8-17(9-12-34)20-15-30-25-19(20)5-2-10-29-25;1-16(15-34-2)35-25-29-22(23(33)31-26-12-17(13-26)14-26)28-24(30-25)32-10-7-18(8-11-32)19-5-6-21-20(19)4-3-9-27-21/h7,10,15,18-20H,3-6,8-9,11-14,16-17H2,1-2H3,(H,30,37)(H,29,33,34);1,6-7,12,15-16,19-20H,8-11,13-14,17-18H2,2-4H3,(H,29,30)(H,31,36);2,5,10,14-15,17-18,21-22H,1,3-4,6-9,11-13,16,28H2,(H,29,30)(H,31,35);3-5,9,16-18H,6-8,10-15H2,1-2H3,(H,31,33)/t18-;19-;18-,21-,22+;16-,17?,26?/m1111/s1. The van der Waals surface area contributed by atoms with Gasteiger partial charge in [0.1, 0.15) is 70.9 Å². The number of nitrogens with two attached hydrogens (primary N) is 1. The van der Waals surface area contributed by atoms with Crippen LogP contribution in [0.5, 0.6) is 29.8 Å². The zero-order valence-corrected chi connectivity index (χ0v) is 86.1. The summed E-state index contributed by atoms with van der Waals surface area (Å²) in [5, 5.41) is 23.4. The van der Waals surface area contributed by atoms with Gasteiger partial charge in [0.05, 0.1) is 48.6 Å². The van der Waals surface area contributed by atoms with Crippen molar-refractivity contribution in [1.29, 1.82) is 0 Å². The monoisotopic (exact) mass is 2020 g/mol. The van der Waals surface area contributed by atoms with Crippen LogP contribution in [0.4, 0.5) is 23.4 Å². The molecule has 0 radical (unpaired) electrons. The van der Waals surface area contributed by atoms with E-state index in [1.807, 2.05) is 75.7 Å². The van der Waals surface area contributed by atoms with E-state index in [2.05, 4.69) is 170 Å². The largest absolute Gasteiger partial charge is 0.496 e. The molecule has 13 aliphatic rings. The van der Waals surface area contributed by atoms with E-state index in [0.717, 1.165) is 253 Å². The van der Waals surface area contributed by atoms with Gasteiger partial charge in [-0.05, 0) is 277 Å². The number of pyridine rings is 4. The lowest BCUT2D eigenvalue weighted by atomic mass is 9.50. The summed E-state index contributed by atoms with van der Waals surface area (Å²) in [5.41, 5.74) is 17.0. The maximum atomic E-state index is 13.2. The maximum Gasteiger partial charge on any atom is 0.322 e. The van der Waals surface area contributed by atoms with Gasteiger partial charge in [0.25, 0.3) is 23.6 Å². The lowest BCUT2D eigenvalue weighted by Crippen LogP contribution is -2.68. The highest BCUT2D eigenvalue weighted by atomic mass is 16.5. The van der Waals surface area contributed by atoms with E-state index < -0.39 is 0 Å². The smallest absolute Gasteiger partial charge is 0.322 e. The Morgan fingerprint density at radius 3 is 1.73 bits per heavy atom. The first-order valence-corrected chi connectivity index (χ1v) is 53.4. The summed E-state index contributed by atoms with van der Waals surface area (Å²) in [5.74, 6) is 8.53. The number of likely N-dealkylation sites (tertiary alicyclic amines) is 1. The molecule has 0 unspecified atom stereocenters. The molecule has 24 rings (SSSR count). The van der Waals surface area contributed by atoms with Crippen molar-refractivity contribution in [2.45, 2.75) is 228 Å². The number of hydrogen-bond donors (Lipinski definition) is 8. The number of nitrogens with one attached hydrogen (secondary N) is 7. The fourth-order valence-electron chi connectivity index (χ4n) is 22.6. The highest BCUT2D eigenvalue weighted by Gasteiger charge is 2.58. The summed E-state index contributed by atoms with van der Waals surface area (Å²) in [6, 6.07) is 20.5. The van der Waals surface area contributed by atoms with E-state index >= 15 is 0 Å².